The van der Waals surface area contributed by atoms with Gasteiger partial charge in [-0.05, 0) is 49.6 Å². The summed E-state index contributed by atoms with van der Waals surface area (Å²) in [5, 5.41) is 29.1. The van der Waals surface area contributed by atoms with Gasteiger partial charge in [-0.1, -0.05) is 0 Å². The molecule has 5 heteroatoms. The van der Waals surface area contributed by atoms with Crippen molar-refractivity contribution in [1.29, 1.82) is 0 Å². The van der Waals surface area contributed by atoms with Crippen LogP contribution in [0.1, 0.15) is 29.7 Å². The molecular weight excluding hydrogens is 236 g/mol. The second kappa shape index (κ2) is 5.84. The minimum atomic E-state index is -1.63. The van der Waals surface area contributed by atoms with Crippen molar-refractivity contribution in [2.45, 2.75) is 33.0 Å². The molecule has 1 aromatic carbocycles. The van der Waals surface area contributed by atoms with Crippen LogP contribution in [0, 0.1) is 13.8 Å². The first-order valence-electron chi connectivity index (χ1n) is 5.71. The van der Waals surface area contributed by atoms with E-state index in [9.17, 15) is 20.1 Å². The Hall–Kier alpha value is -1.59. The van der Waals surface area contributed by atoms with Crippen molar-refractivity contribution in [1.82, 2.24) is 0 Å². The van der Waals surface area contributed by atoms with Crippen molar-refractivity contribution in [3.05, 3.63) is 28.8 Å². The predicted molar refractivity (Wildman–Crippen MR) is 65.2 cm³/mol. The quantitative estimate of drug-likeness (QED) is 0.697. The number of hydrogen-bond acceptors (Lipinski definition) is 5. The fourth-order valence-corrected chi connectivity index (χ4v) is 1.70. The monoisotopic (exact) mass is 254 g/mol. The van der Waals surface area contributed by atoms with Crippen molar-refractivity contribution in [2.24, 2.45) is 0 Å². The van der Waals surface area contributed by atoms with Crippen LogP contribution in [0.2, 0.25) is 0 Å². The lowest BCUT2D eigenvalue weighted by atomic mass is 9.99. The third kappa shape index (κ3) is 3.00. The SMILES string of the molecule is CCOC(=O)C(O)C(O)c1cc(C)c(O)c(C)c1. The second-order valence-corrected chi connectivity index (χ2v) is 4.15. The van der Waals surface area contributed by atoms with E-state index in [1.54, 1.807) is 20.8 Å². The van der Waals surface area contributed by atoms with E-state index in [0.29, 0.717) is 16.7 Å². The van der Waals surface area contributed by atoms with Gasteiger partial charge in [-0.2, -0.15) is 0 Å². The van der Waals surface area contributed by atoms with Gasteiger partial charge >= 0.3 is 5.97 Å². The van der Waals surface area contributed by atoms with Gasteiger partial charge in [0.2, 0.25) is 0 Å². The highest BCUT2D eigenvalue weighted by Crippen LogP contribution is 2.27. The van der Waals surface area contributed by atoms with E-state index in [4.69, 9.17) is 0 Å². The highest BCUT2D eigenvalue weighted by Gasteiger charge is 2.27. The average molecular weight is 254 g/mol. The van der Waals surface area contributed by atoms with Gasteiger partial charge in [0, 0.05) is 0 Å². The summed E-state index contributed by atoms with van der Waals surface area (Å²) in [6.07, 6.45) is -3.00. The second-order valence-electron chi connectivity index (χ2n) is 4.15. The summed E-state index contributed by atoms with van der Waals surface area (Å²) in [5.74, 6) is -0.732. The van der Waals surface area contributed by atoms with Crippen LogP contribution in [-0.2, 0) is 9.53 Å². The third-order valence-corrected chi connectivity index (χ3v) is 2.68. The molecule has 0 spiro atoms. The lowest BCUT2D eigenvalue weighted by molar-refractivity contribution is -0.159. The van der Waals surface area contributed by atoms with Crippen LogP contribution in [0.5, 0.6) is 5.75 Å². The number of carbonyl (C=O) groups is 1. The van der Waals surface area contributed by atoms with E-state index >= 15 is 0 Å². The van der Waals surface area contributed by atoms with Gasteiger partial charge in [0.25, 0.3) is 0 Å². The van der Waals surface area contributed by atoms with Crippen molar-refractivity contribution < 1.29 is 24.9 Å². The minimum absolute atomic E-state index is 0.135. The molecule has 0 bridgehead atoms. The van der Waals surface area contributed by atoms with Crippen LogP contribution in [0.3, 0.4) is 0 Å². The van der Waals surface area contributed by atoms with Crippen molar-refractivity contribution >= 4 is 5.97 Å². The summed E-state index contributed by atoms with van der Waals surface area (Å²) < 4.78 is 4.63. The molecular formula is C13H18O5. The number of aryl methyl sites for hydroxylation is 2. The number of benzene rings is 1. The van der Waals surface area contributed by atoms with Gasteiger partial charge in [0.05, 0.1) is 6.61 Å². The van der Waals surface area contributed by atoms with E-state index < -0.39 is 18.2 Å². The highest BCUT2D eigenvalue weighted by atomic mass is 16.5. The number of hydrogen-bond donors (Lipinski definition) is 3. The van der Waals surface area contributed by atoms with Gasteiger partial charge in [0.15, 0.2) is 6.10 Å². The van der Waals surface area contributed by atoms with Gasteiger partial charge in [-0.25, -0.2) is 4.79 Å². The van der Waals surface area contributed by atoms with Crippen LogP contribution < -0.4 is 0 Å². The maximum atomic E-state index is 11.3. The summed E-state index contributed by atoms with van der Waals surface area (Å²) >= 11 is 0. The molecule has 0 aliphatic rings. The topological polar surface area (TPSA) is 87.0 Å². The normalized spacial score (nSPS) is 14.1. The zero-order valence-corrected chi connectivity index (χ0v) is 10.7. The molecule has 2 atom stereocenters. The molecule has 100 valence electrons. The van der Waals surface area contributed by atoms with Crippen molar-refractivity contribution in [3.8, 4) is 5.75 Å². The summed E-state index contributed by atoms with van der Waals surface area (Å²) in [4.78, 5) is 11.3. The fourth-order valence-electron chi connectivity index (χ4n) is 1.70. The van der Waals surface area contributed by atoms with Crippen LogP contribution >= 0.6 is 0 Å². The molecule has 0 heterocycles. The number of phenolic OH excluding ortho intramolecular Hbond substituents is 1. The zero-order chi connectivity index (χ0) is 13.9. The molecule has 0 amide bonds. The van der Waals surface area contributed by atoms with Gasteiger partial charge in [0.1, 0.15) is 11.9 Å². The number of ether oxygens (including phenoxy) is 1. The third-order valence-electron chi connectivity index (χ3n) is 2.68. The molecule has 1 aromatic rings. The number of phenols is 1. The first-order valence-corrected chi connectivity index (χ1v) is 5.71. The Labute approximate surface area is 106 Å². The van der Waals surface area contributed by atoms with E-state index in [1.165, 1.54) is 12.1 Å². The largest absolute Gasteiger partial charge is 0.507 e. The first-order chi connectivity index (χ1) is 8.38. The average Bonchev–Trinajstić information content (AvgIpc) is 2.33. The number of aliphatic hydroxyl groups is 2. The minimum Gasteiger partial charge on any atom is -0.507 e. The fraction of sp³-hybridized carbons (Fsp3) is 0.462. The molecule has 18 heavy (non-hydrogen) atoms. The lowest BCUT2D eigenvalue weighted by Crippen LogP contribution is -2.30. The Morgan fingerprint density at radius 1 is 1.28 bits per heavy atom. The summed E-state index contributed by atoms with van der Waals surface area (Å²) in [6, 6.07) is 3.05. The van der Waals surface area contributed by atoms with E-state index in [1.807, 2.05) is 0 Å². The first kappa shape index (κ1) is 14.5. The number of aliphatic hydroxyl groups excluding tert-OH is 2. The number of rotatable bonds is 4. The smallest absolute Gasteiger partial charge is 0.338 e. The molecule has 0 aromatic heterocycles. The number of aromatic hydroxyl groups is 1. The highest BCUT2D eigenvalue weighted by molar-refractivity contribution is 5.75. The molecule has 2 unspecified atom stereocenters. The summed E-state index contributed by atoms with van der Waals surface area (Å²) in [5.41, 5.74) is 1.50. The van der Waals surface area contributed by atoms with Crippen LogP contribution in [0.15, 0.2) is 12.1 Å². The van der Waals surface area contributed by atoms with Crippen LogP contribution in [0.25, 0.3) is 0 Å². The molecule has 0 saturated heterocycles. The summed E-state index contributed by atoms with van der Waals surface area (Å²) in [6.45, 7) is 5.10. The Balaban J connectivity index is 2.97. The predicted octanol–water partition coefficient (Wildman–Crippen LogP) is 0.966. The molecule has 0 aliphatic heterocycles. The van der Waals surface area contributed by atoms with E-state index in [2.05, 4.69) is 4.74 Å². The standard InChI is InChI=1S/C13H18O5/c1-4-18-13(17)12(16)11(15)9-5-7(2)10(14)8(3)6-9/h5-6,11-12,14-16H,4H2,1-3H3. The van der Waals surface area contributed by atoms with E-state index in [0.717, 1.165) is 0 Å². The van der Waals surface area contributed by atoms with Crippen molar-refractivity contribution in [3.63, 3.8) is 0 Å². The molecule has 0 fully saturated rings. The molecule has 3 N–H and O–H groups in total. The molecule has 5 nitrogen and oxygen atoms in total. The maximum Gasteiger partial charge on any atom is 0.338 e. The Bertz CT molecular complexity index is 418. The van der Waals surface area contributed by atoms with Crippen molar-refractivity contribution in [2.75, 3.05) is 6.61 Å². The van der Waals surface area contributed by atoms with E-state index in [-0.39, 0.29) is 12.4 Å². The molecule has 0 radical (unpaired) electrons. The molecule has 1 rings (SSSR count). The summed E-state index contributed by atoms with van der Waals surface area (Å²) in [7, 11) is 0. The lowest BCUT2D eigenvalue weighted by Gasteiger charge is -2.18. The van der Waals surface area contributed by atoms with Gasteiger partial charge in [-0.3, -0.25) is 0 Å². The Morgan fingerprint density at radius 3 is 2.22 bits per heavy atom. The van der Waals surface area contributed by atoms with Gasteiger partial charge in [-0.15, -0.1) is 0 Å². The number of esters is 1. The number of carbonyl (C=O) groups excluding carboxylic acids is 1. The van der Waals surface area contributed by atoms with Gasteiger partial charge < -0.3 is 20.1 Å². The van der Waals surface area contributed by atoms with Crippen LogP contribution in [0.4, 0.5) is 0 Å². The van der Waals surface area contributed by atoms with Crippen LogP contribution in [-0.4, -0.2) is 34.0 Å². The molecule has 0 aliphatic carbocycles. The zero-order valence-electron chi connectivity index (χ0n) is 10.7. The Kier molecular flexibility index (Phi) is 4.69. The Morgan fingerprint density at radius 2 is 1.78 bits per heavy atom. The maximum absolute atomic E-state index is 11.3. The molecule has 0 saturated carbocycles.